The van der Waals surface area contributed by atoms with Crippen LogP contribution >= 0.6 is 22.9 Å². The minimum absolute atomic E-state index is 0.0301. The van der Waals surface area contributed by atoms with Gasteiger partial charge < -0.3 is 0 Å². The Morgan fingerprint density at radius 3 is 2.57 bits per heavy atom. The van der Waals surface area contributed by atoms with Crippen LogP contribution in [0.25, 0.3) is 0 Å². The number of carbonyl (C=O) groups excluding carboxylic acids is 1. The van der Waals surface area contributed by atoms with Gasteiger partial charge in [-0.15, -0.1) is 11.3 Å². The molecule has 1 aromatic rings. The summed E-state index contributed by atoms with van der Waals surface area (Å²) in [5.74, 6) is 5.20. The van der Waals surface area contributed by atoms with E-state index in [1.165, 1.54) is 6.07 Å². The third-order valence-corrected chi connectivity index (χ3v) is 4.02. The van der Waals surface area contributed by atoms with Crippen molar-refractivity contribution in [2.24, 2.45) is 11.0 Å². The van der Waals surface area contributed by atoms with Crippen LogP contribution < -0.4 is 16.0 Å². The van der Waals surface area contributed by atoms with E-state index in [4.69, 9.17) is 22.6 Å². The summed E-state index contributed by atoms with van der Waals surface area (Å²) in [7, 11) is -3.91. The Balaban J connectivity index is 3.37. The molecule has 0 saturated carbocycles. The zero-order valence-electron chi connectivity index (χ0n) is 6.68. The van der Waals surface area contributed by atoms with Crippen molar-refractivity contribution in [3.63, 3.8) is 0 Å². The molecule has 9 heteroatoms. The summed E-state index contributed by atoms with van der Waals surface area (Å²) in [5, 5.41) is 5.49. The third kappa shape index (κ3) is 2.22. The van der Waals surface area contributed by atoms with Gasteiger partial charge in [0.1, 0.15) is 0 Å². The van der Waals surface area contributed by atoms with Crippen molar-refractivity contribution >= 4 is 45.1 Å². The molecular formula is C5H6ClN3O3S2. The minimum atomic E-state index is -3.91. The molecule has 0 saturated heterocycles. The molecule has 4 N–H and O–H groups in total. The zero-order chi connectivity index (χ0) is 10.9. The number of amides is 1. The molecule has 0 radical (unpaired) electrons. The molecule has 0 aliphatic heterocycles. The molecule has 14 heavy (non-hydrogen) atoms. The predicted octanol–water partition coefficient (Wildman–Crippen LogP) is -0.115. The molecule has 0 atom stereocenters. The van der Waals surface area contributed by atoms with Gasteiger partial charge in [0.15, 0.2) is 4.21 Å². The third-order valence-electron chi connectivity index (χ3n) is 1.30. The van der Waals surface area contributed by atoms with Gasteiger partial charge in [-0.2, -0.15) is 0 Å². The summed E-state index contributed by atoms with van der Waals surface area (Å²) in [4.78, 5) is 10.3. The van der Waals surface area contributed by atoms with Crippen molar-refractivity contribution in [3.05, 3.63) is 10.4 Å². The fourth-order valence-electron chi connectivity index (χ4n) is 0.777. The molecule has 6 nitrogen and oxygen atoms in total. The largest absolute Gasteiger partial charge is 0.277 e. The number of hydrogen-bond acceptors (Lipinski definition) is 5. The Kier molecular flexibility index (Phi) is 3.12. The molecule has 0 bridgehead atoms. The molecular weight excluding hydrogens is 250 g/mol. The van der Waals surface area contributed by atoms with Crippen LogP contribution in [0.1, 0.15) is 0 Å². The van der Waals surface area contributed by atoms with Crippen LogP contribution in [0.4, 0.5) is 5.69 Å². The fraction of sp³-hybridized carbons (Fsp3) is 0. The van der Waals surface area contributed by atoms with Crippen molar-refractivity contribution in [2.75, 3.05) is 5.01 Å². The van der Waals surface area contributed by atoms with E-state index in [0.717, 1.165) is 11.3 Å². The number of rotatable bonds is 3. The second kappa shape index (κ2) is 3.83. The van der Waals surface area contributed by atoms with E-state index in [-0.39, 0.29) is 20.6 Å². The first kappa shape index (κ1) is 11.4. The van der Waals surface area contributed by atoms with Gasteiger partial charge in [-0.3, -0.25) is 4.79 Å². The number of nitrogens with two attached hydrogens (primary N) is 2. The van der Waals surface area contributed by atoms with E-state index in [1.807, 2.05) is 0 Å². The molecule has 1 heterocycles. The molecule has 0 fully saturated rings. The highest BCUT2D eigenvalue weighted by atomic mass is 35.5. The monoisotopic (exact) mass is 255 g/mol. The van der Waals surface area contributed by atoms with E-state index in [0.29, 0.717) is 5.01 Å². The van der Waals surface area contributed by atoms with Crippen molar-refractivity contribution < 1.29 is 13.2 Å². The molecule has 0 aliphatic rings. The molecule has 0 spiro atoms. The SMILES string of the molecule is NN(C=O)c1cc(Cl)sc1S(N)(=O)=O. The van der Waals surface area contributed by atoms with Crippen LogP contribution in [0, 0.1) is 0 Å². The van der Waals surface area contributed by atoms with Crippen LogP contribution in [-0.4, -0.2) is 14.8 Å². The molecule has 0 aromatic carbocycles. The summed E-state index contributed by atoms with van der Waals surface area (Å²) in [6, 6.07) is 1.25. The Hall–Kier alpha value is -0.670. The van der Waals surface area contributed by atoms with Crippen LogP contribution in [-0.2, 0) is 14.8 Å². The molecule has 78 valence electrons. The lowest BCUT2D eigenvalue weighted by Crippen LogP contribution is -2.30. The Morgan fingerprint density at radius 1 is 1.57 bits per heavy atom. The van der Waals surface area contributed by atoms with Gasteiger partial charge in [0.25, 0.3) is 0 Å². The predicted molar refractivity (Wildman–Crippen MR) is 53.4 cm³/mol. The summed E-state index contributed by atoms with van der Waals surface area (Å²) in [6.07, 6.45) is 0.257. The lowest BCUT2D eigenvalue weighted by atomic mass is 10.5. The highest BCUT2D eigenvalue weighted by Crippen LogP contribution is 2.34. The summed E-state index contributed by atoms with van der Waals surface area (Å²) < 4.78 is 22.0. The molecule has 1 rings (SSSR count). The number of hydrazine groups is 1. The lowest BCUT2D eigenvalue weighted by Gasteiger charge is -2.08. The van der Waals surface area contributed by atoms with E-state index in [2.05, 4.69) is 0 Å². The minimum Gasteiger partial charge on any atom is -0.277 e. The molecule has 1 aromatic heterocycles. The fourth-order valence-corrected chi connectivity index (χ4v) is 3.06. The van der Waals surface area contributed by atoms with Gasteiger partial charge in [-0.1, -0.05) is 11.6 Å². The van der Waals surface area contributed by atoms with Crippen LogP contribution in [0.2, 0.25) is 4.34 Å². The van der Waals surface area contributed by atoms with Crippen LogP contribution in [0.15, 0.2) is 10.3 Å². The van der Waals surface area contributed by atoms with Gasteiger partial charge in [-0.25, -0.2) is 24.4 Å². The molecule has 1 amide bonds. The average molecular weight is 256 g/mol. The lowest BCUT2D eigenvalue weighted by molar-refractivity contribution is -0.107. The highest BCUT2D eigenvalue weighted by Gasteiger charge is 2.21. The quantitative estimate of drug-likeness (QED) is 0.340. The summed E-state index contributed by atoms with van der Waals surface area (Å²) >= 11 is 6.31. The maximum Gasteiger partial charge on any atom is 0.249 e. The normalized spacial score (nSPS) is 11.4. The van der Waals surface area contributed by atoms with E-state index >= 15 is 0 Å². The smallest absolute Gasteiger partial charge is 0.249 e. The zero-order valence-corrected chi connectivity index (χ0v) is 9.06. The standard InChI is InChI=1S/C5H6ClN3O3S2/c6-4-1-3(9(7)2-10)5(13-4)14(8,11)12/h1-2H,7H2,(H2,8,11,12). The van der Waals surface area contributed by atoms with Gasteiger partial charge in [-0.05, 0) is 6.07 Å². The number of thiophene rings is 1. The number of primary sulfonamides is 1. The average Bonchev–Trinajstić information content (AvgIpc) is 2.45. The van der Waals surface area contributed by atoms with Gasteiger partial charge in [0, 0.05) is 0 Å². The van der Waals surface area contributed by atoms with E-state index in [1.54, 1.807) is 0 Å². The Morgan fingerprint density at radius 2 is 2.14 bits per heavy atom. The van der Waals surface area contributed by atoms with Gasteiger partial charge >= 0.3 is 0 Å². The van der Waals surface area contributed by atoms with Gasteiger partial charge in [0.2, 0.25) is 16.4 Å². The maximum atomic E-state index is 11.0. The van der Waals surface area contributed by atoms with Crippen molar-refractivity contribution in [1.82, 2.24) is 0 Å². The Labute approximate surface area is 89.1 Å². The molecule has 0 unspecified atom stereocenters. The number of nitrogens with zero attached hydrogens (tertiary/aromatic N) is 1. The summed E-state index contributed by atoms with van der Waals surface area (Å²) in [6.45, 7) is 0. The maximum absolute atomic E-state index is 11.0. The van der Waals surface area contributed by atoms with Crippen molar-refractivity contribution in [2.45, 2.75) is 4.21 Å². The topological polar surface area (TPSA) is 106 Å². The van der Waals surface area contributed by atoms with Gasteiger partial charge in [0.05, 0.1) is 10.0 Å². The number of sulfonamides is 1. The number of anilines is 1. The second-order valence-electron chi connectivity index (χ2n) is 2.28. The number of carbonyl (C=O) groups is 1. The van der Waals surface area contributed by atoms with Crippen LogP contribution in [0.5, 0.6) is 0 Å². The first-order chi connectivity index (χ1) is 6.36. The number of hydrogen-bond donors (Lipinski definition) is 2. The Bertz CT molecular complexity index is 455. The van der Waals surface area contributed by atoms with E-state index in [9.17, 15) is 13.2 Å². The highest BCUT2D eigenvalue weighted by molar-refractivity contribution is 7.91. The number of halogens is 1. The van der Waals surface area contributed by atoms with Crippen LogP contribution in [0.3, 0.4) is 0 Å². The van der Waals surface area contributed by atoms with E-state index < -0.39 is 10.0 Å². The first-order valence-corrected chi connectivity index (χ1v) is 5.91. The summed E-state index contributed by atoms with van der Waals surface area (Å²) in [5.41, 5.74) is -0.0301. The first-order valence-electron chi connectivity index (χ1n) is 3.17. The molecule has 0 aliphatic carbocycles. The van der Waals surface area contributed by atoms with Crippen molar-refractivity contribution in [1.29, 1.82) is 0 Å². The second-order valence-corrected chi connectivity index (χ2v) is 5.72. The van der Waals surface area contributed by atoms with Crippen molar-refractivity contribution in [3.8, 4) is 0 Å².